The van der Waals surface area contributed by atoms with E-state index in [2.05, 4.69) is 10.2 Å². The fourth-order valence-corrected chi connectivity index (χ4v) is 3.97. The van der Waals surface area contributed by atoms with Crippen molar-refractivity contribution in [2.45, 2.75) is 24.7 Å². The number of aromatic amines is 1. The van der Waals surface area contributed by atoms with Crippen LogP contribution in [0.4, 0.5) is 0 Å². The summed E-state index contributed by atoms with van der Waals surface area (Å²) in [5.41, 5.74) is 1.74. The summed E-state index contributed by atoms with van der Waals surface area (Å²) in [6.07, 6.45) is 0.707. The molecule has 0 aliphatic rings. The lowest BCUT2D eigenvalue weighted by atomic mass is 10.1. The van der Waals surface area contributed by atoms with Crippen LogP contribution in [-0.2, 0) is 24.3 Å². The molecule has 0 aliphatic heterocycles. The molecule has 6 nitrogen and oxygen atoms in total. The molecular weight excluding hydrogens is 431 g/mol. The first-order valence-corrected chi connectivity index (χ1v) is 10.7. The Labute approximate surface area is 182 Å². The predicted octanol–water partition coefficient (Wildman–Crippen LogP) is 3.87. The van der Waals surface area contributed by atoms with E-state index in [-0.39, 0.29) is 17.3 Å². The van der Waals surface area contributed by atoms with Gasteiger partial charge in [-0.3, -0.25) is 9.36 Å². The molecular formula is C20H20Cl2N4O2S. The Morgan fingerprint density at radius 2 is 1.90 bits per heavy atom. The second-order valence-corrected chi connectivity index (χ2v) is 8.24. The summed E-state index contributed by atoms with van der Waals surface area (Å²) in [4.78, 5) is 26.1. The van der Waals surface area contributed by atoms with Crippen molar-refractivity contribution in [2.75, 3.05) is 12.8 Å². The lowest BCUT2D eigenvalue weighted by Crippen LogP contribution is -2.28. The van der Waals surface area contributed by atoms with Crippen LogP contribution in [0.5, 0.6) is 0 Å². The summed E-state index contributed by atoms with van der Waals surface area (Å²) < 4.78 is 1.56. The number of H-pyrrole nitrogens is 1. The van der Waals surface area contributed by atoms with E-state index >= 15 is 0 Å². The number of rotatable bonds is 8. The minimum atomic E-state index is -0.278. The van der Waals surface area contributed by atoms with Crippen molar-refractivity contribution in [3.05, 3.63) is 80.2 Å². The van der Waals surface area contributed by atoms with Crippen molar-refractivity contribution in [3.63, 3.8) is 0 Å². The van der Waals surface area contributed by atoms with E-state index in [0.717, 1.165) is 11.1 Å². The number of hydrogen-bond acceptors (Lipinski definition) is 4. The van der Waals surface area contributed by atoms with Crippen molar-refractivity contribution in [2.24, 2.45) is 0 Å². The second kappa shape index (κ2) is 10.0. The van der Waals surface area contributed by atoms with Crippen LogP contribution >= 0.6 is 35.0 Å². The zero-order valence-electron chi connectivity index (χ0n) is 15.8. The maximum atomic E-state index is 12.5. The molecule has 0 saturated carbocycles. The Kier molecular flexibility index (Phi) is 7.41. The van der Waals surface area contributed by atoms with Gasteiger partial charge in [-0.25, -0.2) is 9.89 Å². The van der Waals surface area contributed by atoms with Crippen molar-refractivity contribution < 1.29 is 4.79 Å². The Balaban J connectivity index is 1.57. The number of thioether (sulfide) groups is 1. The molecule has 0 atom stereocenters. The summed E-state index contributed by atoms with van der Waals surface area (Å²) in [6.45, 7) is 0.909. The minimum Gasteiger partial charge on any atom is -0.341 e. The van der Waals surface area contributed by atoms with Gasteiger partial charge >= 0.3 is 5.69 Å². The lowest BCUT2D eigenvalue weighted by Gasteiger charge is -2.17. The molecule has 0 spiro atoms. The number of amides is 1. The third-order valence-electron chi connectivity index (χ3n) is 4.34. The normalized spacial score (nSPS) is 10.9. The molecule has 1 heterocycles. The van der Waals surface area contributed by atoms with Gasteiger partial charge in [0.05, 0.1) is 15.8 Å². The zero-order chi connectivity index (χ0) is 20.8. The Bertz CT molecular complexity index is 1040. The summed E-state index contributed by atoms with van der Waals surface area (Å²) in [6, 6.07) is 15.2. The molecule has 0 saturated heterocycles. The molecule has 152 valence electrons. The molecule has 1 amide bonds. The third-order valence-corrected chi connectivity index (χ3v) is 6.04. The van der Waals surface area contributed by atoms with Crippen LogP contribution in [0.2, 0.25) is 10.0 Å². The molecule has 3 rings (SSSR count). The number of aryl methyl sites for hydroxylation is 1. The maximum absolute atomic E-state index is 12.5. The van der Waals surface area contributed by atoms with Crippen LogP contribution in [0.1, 0.15) is 11.1 Å². The highest BCUT2D eigenvalue weighted by atomic mass is 35.5. The Morgan fingerprint density at radius 3 is 2.62 bits per heavy atom. The van der Waals surface area contributed by atoms with Gasteiger partial charge in [0.2, 0.25) is 5.91 Å². The highest BCUT2D eigenvalue weighted by molar-refractivity contribution is 7.99. The number of nitrogens with zero attached hydrogens (tertiary/aromatic N) is 3. The molecule has 0 radical (unpaired) electrons. The van der Waals surface area contributed by atoms with E-state index in [1.54, 1.807) is 28.6 Å². The molecule has 1 aromatic heterocycles. The second-order valence-electron chi connectivity index (χ2n) is 6.49. The van der Waals surface area contributed by atoms with E-state index in [1.807, 2.05) is 36.4 Å². The highest BCUT2D eigenvalue weighted by Gasteiger charge is 2.15. The van der Waals surface area contributed by atoms with Crippen LogP contribution in [0.25, 0.3) is 0 Å². The van der Waals surface area contributed by atoms with Gasteiger partial charge in [-0.05, 0) is 29.7 Å². The van der Waals surface area contributed by atoms with Gasteiger partial charge < -0.3 is 4.90 Å². The predicted molar refractivity (Wildman–Crippen MR) is 117 cm³/mol. The summed E-state index contributed by atoms with van der Waals surface area (Å²) in [7, 11) is 1.72. The van der Waals surface area contributed by atoms with E-state index < -0.39 is 0 Å². The highest BCUT2D eigenvalue weighted by Crippen LogP contribution is 2.23. The largest absolute Gasteiger partial charge is 0.343 e. The minimum absolute atomic E-state index is 0.0777. The maximum Gasteiger partial charge on any atom is 0.343 e. The van der Waals surface area contributed by atoms with E-state index in [1.165, 1.54) is 11.8 Å². The van der Waals surface area contributed by atoms with Gasteiger partial charge in [-0.1, -0.05) is 71.4 Å². The quantitative estimate of drug-likeness (QED) is 0.528. The van der Waals surface area contributed by atoms with Gasteiger partial charge in [0.1, 0.15) is 0 Å². The molecule has 2 aromatic carbocycles. The lowest BCUT2D eigenvalue weighted by molar-refractivity contribution is -0.127. The molecule has 3 aromatic rings. The Morgan fingerprint density at radius 1 is 1.14 bits per heavy atom. The molecule has 0 aliphatic carbocycles. The summed E-state index contributed by atoms with van der Waals surface area (Å²) in [5, 5.41) is 7.95. The first-order valence-electron chi connectivity index (χ1n) is 8.94. The first kappa shape index (κ1) is 21.5. The fraction of sp³-hybridized carbons (Fsp3) is 0.250. The number of hydrogen-bond donors (Lipinski definition) is 1. The van der Waals surface area contributed by atoms with E-state index in [0.29, 0.717) is 34.7 Å². The molecule has 1 N–H and O–H groups in total. The van der Waals surface area contributed by atoms with Crippen molar-refractivity contribution in [1.29, 1.82) is 0 Å². The molecule has 29 heavy (non-hydrogen) atoms. The van der Waals surface area contributed by atoms with Gasteiger partial charge in [0.25, 0.3) is 0 Å². The number of benzene rings is 2. The monoisotopic (exact) mass is 450 g/mol. The SMILES string of the molecule is CN(Cc1ccc(Cl)c(Cl)c1)C(=O)CSc1n[nH]c(=O)n1CCc1ccccc1. The van der Waals surface area contributed by atoms with Gasteiger partial charge in [-0.2, -0.15) is 0 Å². The number of halogens is 2. The fourth-order valence-electron chi connectivity index (χ4n) is 2.73. The summed E-state index contributed by atoms with van der Waals surface area (Å²) in [5.74, 6) is 0.0964. The summed E-state index contributed by atoms with van der Waals surface area (Å²) >= 11 is 13.2. The van der Waals surface area contributed by atoms with E-state index in [4.69, 9.17) is 23.2 Å². The van der Waals surface area contributed by atoms with Crippen molar-refractivity contribution in [1.82, 2.24) is 19.7 Å². The standard InChI is InChI=1S/C20H20Cl2N4O2S/c1-25(12-15-7-8-16(21)17(22)11-15)18(27)13-29-20-24-23-19(28)26(20)10-9-14-5-3-2-4-6-14/h2-8,11H,9-10,12-13H2,1H3,(H,23,28). The van der Waals surface area contributed by atoms with Crippen molar-refractivity contribution >= 4 is 40.9 Å². The van der Waals surface area contributed by atoms with Crippen LogP contribution in [0.15, 0.2) is 58.5 Å². The zero-order valence-corrected chi connectivity index (χ0v) is 18.1. The smallest absolute Gasteiger partial charge is 0.341 e. The van der Waals surface area contributed by atoms with Crippen LogP contribution < -0.4 is 5.69 Å². The number of carbonyl (C=O) groups excluding carboxylic acids is 1. The molecule has 0 fully saturated rings. The van der Waals surface area contributed by atoms with Gasteiger partial charge in [-0.15, -0.1) is 5.10 Å². The first-order chi connectivity index (χ1) is 13.9. The third kappa shape index (κ3) is 5.88. The average Bonchev–Trinajstić information content (AvgIpc) is 3.07. The molecule has 0 unspecified atom stereocenters. The number of nitrogens with one attached hydrogen (secondary N) is 1. The molecule has 0 bridgehead atoms. The molecule has 9 heteroatoms. The van der Waals surface area contributed by atoms with Crippen LogP contribution in [0.3, 0.4) is 0 Å². The number of aromatic nitrogens is 3. The van der Waals surface area contributed by atoms with Crippen LogP contribution in [-0.4, -0.2) is 38.4 Å². The Hall–Kier alpha value is -2.22. The van der Waals surface area contributed by atoms with Crippen LogP contribution in [0, 0.1) is 0 Å². The number of carbonyl (C=O) groups is 1. The average molecular weight is 451 g/mol. The van der Waals surface area contributed by atoms with Gasteiger partial charge in [0, 0.05) is 20.1 Å². The van der Waals surface area contributed by atoms with Gasteiger partial charge in [0.15, 0.2) is 5.16 Å². The topological polar surface area (TPSA) is 71.0 Å². The van der Waals surface area contributed by atoms with Crippen molar-refractivity contribution in [3.8, 4) is 0 Å². The van der Waals surface area contributed by atoms with E-state index in [9.17, 15) is 9.59 Å².